The van der Waals surface area contributed by atoms with Crippen LogP contribution in [-0.2, 0) is 6.42 Å². The largest absolute Gasteiger partial charge is 0.334 e. The van der Waals surface area contributed by atoms with Gasteiger partial charge in [-0.2, -0.15) is 0 Å². The molecule has 2 heteroatoms. The quantitative estimate of drug-likeness (QED) is 0.296. The Morgan fingerprint density at radius 2 is 1.48 bits per heavy atom. The zero-order chi connectivity index (χ0) is 19.2. The van der Waals surface area contributed by atoms with E-state index < -0.39 is 0 Å². The number of nitrogens with zero attached hydrogens (tertiary/aromatic N) is 2. The maximum absolute atomic E-state index is 4.29. The van der Waals surface area contributed by atoms with Crippen molar-refractivity contribution in [2.75, 3.05) is 0 Å². The van der Waals surface area contributed by atoms with Crippen molar-refractivity contribution in [1.82, 2.24) is 9.55 Å². The van der Waals surface area contributed by atoms with Gasteiger partial charge >= 0.3 is 0 Å². The minimum atomic E-state index is 0.557. The van der Waals surface area contributed by atoms with Crippen LogP contribution in [0.2, 0.25) is 0 Å². The van der Waals surface area contributed by atoms with Crippen molar-refractivity contribution in [1.29, 1.82) is 0 Å². The number of hydrogen-bond acceptors (Lipinski definition) is 1. The molecule has 0 spiro atoms. The van der Waals surface area contributed by atoms with Crippen LogP contribution in [0.3, 0.4) is 0 Å². The summed E-state index contributed by atoms with van der Waals surface area (Å²) in [6.07, 6.45) is 22.5. The molecule has 2 rings (SSSR count). The Balaban J connectivity index is 1.68. The molecule has 1 heterocycles. The minimum Gasteiger partial charge on any atom is -0.334 e. The molecule has 2 atom stereocenters. The Morgan fingerprint density at radius 3 is 2.07 bits per heavy atom. The highest BCUT2D eigenvalue weighted by Gasteiger charge is 2.18. The molecular formula is C25H40N2. The summed E-state index contributed by atoms with van der Waals surface area (Å²) in [6, 6.07) is 11.5. The predicted octanol–water partition coefficient (Wildman–Crippen LogP) is 7.61. The Morgan fingerprint density at radius 1 is 0.852 bits per heavy atom. The van der Waals surface area contributed by atoms with Crippen LogP contribution in [0.25, 0.3) is 0 Å². The molecule has 0 amide bonds. The lowest BCUT2D eigenvalue weighted by molar-refractivity contribution is 0.318. The Hall–Kier alpha value is -1.57. The van der Waals surface area contributed by atoms with Gasteiger partial charge in [0.1, 0.15) is 0 Å². The molecular weight excluding hydrogens is 328 g/mol. The summed E-state index contributed by atoms with van der Waals surface area (Å²) in [6.45, 7) is 4.69. The van der Waals surface area contributed by atoms with E-state index in [1.54, 1.807) is 0 Å². The fraction of sp³-hybridized carbons (Fsp3) is 0.640. The Labute approximate surface area is 167 Å². The lowest BCUT2D eigenvalue weighted by Gasteiger charge is -2.25. The third-order valence-corrected chi connectivity index (χ3v) is 5.82. The van der Waals surface area contributed by atoms with Crippen LogP contribution in [-0.4, -0.2) is 9.55 Å². The second-order valence-corrected chi connectivity index (χ2v) is 8.21. The molecule has 0 radical (unpaired) electrons. The first-order valence-corrected chi connectivity index (χ1v) is 11.3. The molecule has 0 aliphatic carbocycles. The SMILES string of the molecule is CCCCCCCCCCCCC(C(C)Cc1ccccc1)n1ccnc1. The fourth-order valence-corrected chi connectivity index (χ4v) is 4.16. The number of benzene rings is 1. The normalized spacial score (nSPS) is 13.6. The van der Waals surface area contributed by atoms with Crippen molar-refractivity contribution in [3.63, 3.8) is 0 Å². The molecule has 0 N–H and O–H groups in total. The summed E-state index contributed by atoms with van der Waals surface area (Å²) in [5, 5.41) is 0. The van der Waals surface area contributed by atoms with E-state index in [0.717, 1.165) is 6.42 Å². The molecule has 0 bridgehead atoms. The molecule has 0 saturated heterocycles. The zero-order valence-corrected chi connectivity index (χ0v) is 17.7. The monoisotopic (exact) mass is 368 g/mol. The second kappa shape index (κ2) is 13.6. The molecule has 150 valence electrons. The van der Waals surface area contributed by atoms with Gasteiger partial charge in [0.15, 0.2) is 0 Å². The number of aromatic nitrogens is 2. The van der Waals surface area contributed by atoms with E-state index >= 15 is 0 Å². The molecule has 1 aromatic heterocycles. The first kappa shape index (κ1) is 21.7. The van der Waals surface area contributed by atoms with Crippen LogP contribution in [0.4, 0.5) is 0 Å². The highest BCUT2D eigenvalue weighted by atomic mass is 15.1. The van der Waals surface area contributed by atoms with Crippen LogP contribution >= 0.6 is 0 Å². The van der Waals surface area contributed by atoms with E-state index in [2.05, 4.69) is 59.9 Å². The van der Waals surface area contributed by atoms with Gasteiger partial charge in [0.2, 0.25) is 0 Å². The second-order valence-electron chi connectivity index (χ2n) is 8.21. The van der Waals surface area contributed by atoms with Crippen LogP contribution < -0.4 is 0 Å². The van der Waals surface area contributed by atoms with E-state index in [4.69, 9.17) is 0 Å². The third kappa shape index (κ3) is 8.77. The van der Waals surface area contributed by atoms with E-state index in [-0.39, 0.29) is 0 Å². The predicted molar refractivity (Wildman–Crippen MR) is 117 cm³/mol. The van der Waals surface area contributed by atoms with Crippen LogP contribution in [0.15, 0.2) is 49.1 Å². The van der Waals surface area contributed by atoms with Crippen molar-refractivity contribution in [3.05, 3.63) is 54.6 Å². The summed E-state index contributed by atoms with van der Waals surface area (Å²) in [5.41, 5.74) is 1.44. The van der Waals surface area contributed by atoms with Gasteiger partial charge in [0.25, 0.3) is 0 Å². The van der Waals surface area contributed by atoms with Crippen molar-refractivity contribution >= 4 is 0 Å². The molecule has 27 heavy (non-hydrogen) atoms. The van der Waals surface area contributed by atoms with Gasteiger partial charge in [-0.05, 0) is 24.3 Å². The minimum absolute atomic E-state index is 0.557. The number of rotatable bonds is 15. The summed E-state index contributed by atoms with van der Waals surface area (Å²) >= 11 is 0. The topological polar surface area (TPSA) is 17.8 Å². The maximum atomic E-state index is 4.29. The summed E-state index contributed by atoms with van der Waals surface area (Å²) in [7, 11) is 0. The van der Waals surface area contributed by atoms with Gasteiger partial charge in [0.05, 0.1) is 6.33 Å². The van der Waals surface area contributed by atoms with Crippen molar-refractivity contribution in [2.24, 2.45) is 5.92 Å². The van der Waals surface area contributed by atoms with E-state index in [0.29, 0.717) is 12.0 Å². The van der Waals surface area contributed by atoms with Crippen molar-refractivity contribution in [3.8, 4) is 0 Å². The summed E-state index contributed by atoms with van der Waals surface area (Å²) in [4.78, 5) is 4.29. The molecule has 0 saturated carbocycles. The molecule has 0 fully saturated rings. The molecule has 2 nitrogen and oxygen atoms in total. The van der Waals surface area contributed by atoms with Gasteiger partial charge in [-0.15, -0.1) is 0 Å². The van der Waals surface area contributed by atoms with E-state index in [9.17, 15) is 0 Å². The fourth-order valence-electron chi connectivity index (χ4n) is 4.16. The molecule has 1 aromatic carbocycles. The summed E-state index contributed by atoms with van der Waals surface area (Å²) in [5.74, 6) is 0.625. The molecule has 0 aliphatic heterocycles. The van der Waals surface area contributed by atoms with E-state index in [1.165, 1.54) is 76.2 Å². The van der Waals surface area contributed by atoms with Crippen LogP contribution in [0.1, 0.15) is 96.1 Å². The van der Waals surface area contributed by atoms with Gasteiger partial charge in [-0.3, -0.25) is 0 Å². The van der Waals surface area contributed by atoms with Crippen LogP contribution in [0.5, 0.6) is 0 Å². The first-order chi connectivity index (χ1) is 13.3. The highest BCUT2D eigenvalue weighted by Crippen LogP contribution is 2.27. The maximum Gasteiger partial charge on any atom is 0.0948 e. The molecule has 0 aliphatic rings. The Kier molecular flexibility index (Phi) is 10.9. The lowest BCUT2D eigenvalue weighted by Crippen LogP contribution is -2.18. The smallest absolute Gasteiger partial charge is 0.0948 e. The average molecular weight is 369 g/mol. The Bertz CT molecular complexity index is 561. The van der Waals surface area contributed by atoms with Gasteiger partial charge < -0.3 is 4.57 Å². The third-order valence-electron chi connectivity index (χ3n) is 5.82. The average Bonchev–Trinajstić information content (AvgIpc) is 3.21. The van der Waals surface area contributed by atoms with Gasteiger partial charge in [-0.1, -0.05) is 108 Å². The van der Waals surface area contributed by atoms with Crippen molar-refractivity contribution in [2.45, 2.75) is 96.9 Å². The van der Waals surface area contributed by atoms with Gasteiger partial charge in [0, 0.05) is 18.4 Å². The number of imidazole rings is 1. The molecule has 2 unspecified atom stereocenters. The van der Waals surface area contributed by atoms with E-state index in [1.807, 2.05) is 12.5 Å². The van der Waals surface area contributed by atoms with Crippen molar-refractivity contribution < 1.29 is 0 Å². The number of hydrogen-bond donors (Lipinski definition) is 0. The molecule has 2 aromatic rings. The van der Waals surface area contributed by atoms with Gasteiger partial charge in [-0.25, -0.2) is 4.98 Å². The standard InChI is InChI=1S/C25H40N2/c1-3-4-5-6-7-8-9-10-11-15-18-25(27-20-19-26-22-27)23(2)21-24-16-13-12-14-17-24/h12-14,16-17,19-20,22-23,25H,3-11,15,18,21H2,1-2H3. The summed E-state index contributed by atoms with van der Waals surface area (Å²) < 4.78 is 2.33. The highest BCUT2D eigenvalue weighted by molar-refractivity contribution is 5.15. The number of unbranched alkanes of at least 4 members (excludes halogenated alkanes) is 9. The lowest BCUT2D eigenvalue weighted by atomic mass is 9.90. The first-order valence-electron chi connectivity index (χ1n) is 11.3. The van der Waals surface area contributed by atoms with Crippen LogP contribution in [0, 0.1) is 5.92 Å². The zero-order valence-electron chi connectivity index (χ0n) is 17.7.